The van der Waals surface area contributed by atoms with Crippen molar-refractivity contribution in [2.24, 2.45) is 0 Å². The Balaban J connectivity index is 2.84. The smallest absolute Gasteiger partial charge is 0.0553 e. The first-order valence-corrected chi connectivity index (χ1v) is 6.07. The molecule has 0 heterocycles. The molecule has 0 N–H and O–H groups in total. The van der Waals surface area contributed by atoms with Crippen LogP contribution < -0.4 is 0 Å². The molecule has 0 saturated carbocycles. The zero-order valence-electron chi connectivity index (χ0n) is 11.6. The molecule has 0 amide bonds. The van der Waals surface area contributed by atoms with Crippen molar-refractivity contribution >= 4 is 0 Å². The number of rotatable bonds is 5. The SMILES string of the molecule is COCC(COC)c1ccc(C(C)(C)C)cc1. The lowest BCUT2D eigenvalue weighted by molar-refractivity contribution is 0.117. The zero-order valence-corrected chi connectivity index (χ0v) is 11.6. The van der Waals surface area contributed by atoms with Crippen molar-refractivity contribution in [3.8, 4) is 0 Å². The van der Waals surface area contributed by atoms with Gasteiger partial charge in [0, 0.05) is 20.1 Å². The highest BCUT2D eigenvalue weighted by Crippen LogP contribution is 2.24. The van der Waals surface area contributed by atoms with Gasteiger partial charge >= 0.3 is 0 Å². The maximum Gasteiger partial charge on any atom is 0.0553 e. The summed E-state index contributed by atoms with van der Waals surface area (Å²) >= 11 is 0. The van der Waals surface area contributed by atoms with Crippen molar-refractivity contribution in [2.45, 2.75) is 32.1 Å². The Morgan fingerprint density at radius 1 is 0.941 bits per heavy atom. The normalized spacial score (nSPS) is 12.1. The standard InChI is InChI=1S/C15H24O2/c1-15(2,3)14-8-6-12(7-9-14)13(10-16-4)11-17-5/h6-9,13H,10-11H2,1-5H3. The highest BCUT2D eigenvalue weighted by Gasteiger charge is 2.15. The fourth-order valence-corrected chi connectivity index (χ4v) is 1.90. The maximum absolute atomic E-state index is 5.23. The molecule has 0 aromatic heterocycles. The Bertz CT molecular complexity index is 316. The van der Waals surface area contributed by atoms with Gasteiger partial charge < -0.3 is 9.47 Å². The number of hydrogen-bond acceptors (Lipinski definition) is 2. The van der Waals surface area contributed by atoms with Gasteiger partial charge in [0.2, 0.25) is 0 Å². The van der Waals surface area contributed by atoms with E-state index in [1.165, 1.54) is 11.1 Å². The highest BCUT2D eigenvalue weighted by atomic mass is 16.5. The van der Waals surface area contributed by atoms with Crippen molar-refractivity contribution in [3.63, 3.8) is 0 Å². The molecule has 0 saturated heterocycles. The molecule has 1 aromatic carbocycles. The van der Waals surface area contributed by atoms with Crippen LogP contribution in [0.2, 0.25) is 0 Å². The van der Waals surface area contributed by atoms with Crippen LogP contribution in [-0.4, -0.2) is 27.4 Å². The fraction of sp³-hybridized carbons (Fsp3) is 0.600. The van der Waals surface area contributed by atoms with Crippen molar-refractivity contribution < 1.29 is 9.47 Å². The van der Waals surface area contributed by atoms with Crippen LogP contribution in [-0.2, 0) is 14.9 Å². The summed E-state index contributed by atoms with van der Waals surface area (Å²) in [6.07, 6.45) is 0. The van der Waals surface area contributed by atoms with E-state index in [-0.39, 0.29) is 5.41 Å². The van der Waals surface area contributed by atoms with Gasteiger partial charge in [0.1, 0.15) is 0 Å². The predicted octanol–water partition coefficient (Wildman–Crippen LogP) is 3.36. The van der Waals surface area contributed by atoms with Crippen LogP contribution >= 0.6 is 0 Å². The molecule has 0 bridgehead atoms. The summed E-state index contributed by atoms with van der Waals surface area (Å²) in [4.78, 5) is 0. The lowest BCUT2D eigenvalue weighted by Crippen LogP contribution is -2.14. The lowest BCUT2D eigenvalue weighted by atomic mass is 9.86. The highest BCUT2D eigenvalue weighted by molar-refractivity contribution is 5.29. The summed E-state index contributed by atoms with van der Waals surface area (Å²) in [5.74, 6) is 0.319. The van der Waals surface area contributed by atoms with Crippen molar-refractivity contribution in [1.29, 1.82) is 0 Å². The molecule has 96 valence electrons. The molecule has 0 radical (unpaired) electrons. The van der Waals surface area contributed by atoms with E-state index >= 15 is 0 Å². The van der Waals surface area contributed by atoms with Crippen LogP contribution in [0.5, 0.6) is 0 Å². The minimum Gasteiger partial charge on any atom is -0.384 e. The summed E-state index contributed by atoms with van der Waals surface area (Å²) in [6.45, 7) is 8.07. The van der Waals surface area contributed by atoms with E-state index in [4.69, 9.17) is 9.47 Å². The van der Waals surface area contributed by atoms with E-state index in [0.717, 1.165) is 0 Å². The summed E-state index contributed by atoms with van der Waals surface area (Å²) in [7, 11) is 3.46. The first kappa shape index (κ1) is 14.2. The third kappa shape index (κ3) is 4.14. The summed E-state index contributed by atoms with van der Waals surface area (Å²) < 4.78 is 10.5. The minimum absolute atomic E-state index is 0.205. The number of hydrogen-bond donors (Lipinski definition) is 0. The molecular formula is C15H24O2. The number of ether oxygens (including phenoxy) is 2. The third-order valence-corrected chi connectivity index (χ3v) is 2.98. The molecule has 17 heavy (non-hydrogen) atoms. The first-order valence-electron chi connectivity index (χ1n) is 6.07. The van der Waals surface area contributed by atoms with Crippen LogP contribution in [0.15, 0.2) is 24.3 Å². The van der Waals surface area contributed by atoms with Crippen LogP contribution in [0.3, 0.4) is 0 Å². The third-order valence-electron chi connectivity index (χ3n) is 2.98. The van der Waals surface area contributed by atoms with Crippen LogP contribution in [0.1, 0.15) is 37.8 Å². The summed E-state index contributed by atoms with van der Waals surface area (Å²) in [5.41, 5.74) is 2.84. The Morgan fingerprint density at radius 2 is 1.41 bits per heavy atom. The van der Waals surface area contributed by atoms with Crippen LogP contribution in [0.25, 0.3) is 0 Å². The van der Waals surface area contributed by atoms with Gasteiger partial charge in [0.05, 0.1) is 13.2 Å². The predicted molar refractivity (Wildman–Crippen MR) is 71.6 cm³/mol. The molecule has 0 spiro atoms. The summed E-state index contributed by atoms with van der Waals surface area (Å²) in [5, 5.41) is 0. The monoisotopic (exact) mass is 236 g/mol. The Morgan fingerprint density at radius 3 is 1.76 bits per heavy atom. The second-order valence-corrected chi connectivity index (χ2v) is 5.48. The molecular weight excluding hydrogens is 212 g/mol. The Labute approximate surface area is 105 Å². The molecule has 2 nitrogen and oxygen atoms in total. The van der Waals surface area contributed by atoms with E-state index < -0.39 is 0 Å². The quantitative estimate of drug-likeness (QED) is 0.780. The van der Waals surface area contributed by atoms with Crippen molar-refractivity contribution in [3.05, 3.63) is 35.4 Å². The van der Waals surface area contributed by atoms with E-state index in [9.17, 15) is 0 Å². The van der Waals surface area contributed by atoms with E-state index in [1.54, 1.807) is 14.2 Å². The second-order valence-electron chi connectivity index (χ2n) is 5.48. The Hall–Kier alpha value is -0.860. The first-order chi connectivity index (χ1) is 7.99. The molecule has 2 heteroatoms. The van der Waals surface area contributed by atoms with Gasteiger partial charge in [-0.3, -0.25) is 0 Å². The second kappa shape index (κ2) is 6.18. The van der Waals surface area contributed by atoms with E-state index in [0.29, 0.717) is 19.1 Å². The molecule has 0 fully saturated rings. The lowest BCUT2D eigenvalue weighted by Gasteiger charge is -2.21. The van der Waals surface area contributed by atoms with Crippen LogP contribution in [0, 0.1) is 0 Å². The average Bonchev–Trinajstić information content (AvgIpc) is 2.28. The van der Waals surface area contributed by atoms with E-state index in [2.05, 4.69) is 45.0 Å². The van der Waals surface area contributed by atoms with Crippen molar-refractivity contribution in [1.82, 2.24) is 0 Å². The van der Waals surface area contributed by atoms with Gasteiger partial charge in [-0.15, -0.1) is 0 Å². The van der Waals surface area contributed by atoms with Gasteiger partial charge in [-0.1, -0.05) is 45.0 Å². The van der Waals surface area contributed by atoms with Gasteiger partial charge in [0.15, 0.2) is 0 Å². The number of methoxy groups -OCH3 is 2. The molecule has 1 rings (SSSR count). The molecule has 0 aliphatic carbocycles. The van der Waals surface area contributed by atoms with Gasteiger partial charge in [-0.2, -0.15) is 0 Å². The minimum atomic E-state index is 0.205. The maximum atomic E-state index is 5.23. The van der Waals surface area contributed by atoms with Crippen LogP contribution in [0.4, 0.5) is 0 Å². The van der Waals surface area contributed by atoms with Crippen molar-refractivity contribution in [2.75, 3.05) is 27.4 Å². The van der Waals surface area contributed by atoms with E-state index in [1.807, 2.05) is 0 Å². The van der Waals surface area contributed by atoms with Gasteiger partial charge in [-0.05, 0) is 16.5 Å². The zero-order chi connectivity index (χ0) is 12.9. The molecule has 0 unspecified atom stereocenters. The fourth-order valence-electron chi connectivity index (χ4n) is 1.90. The summed E-state index contributed by atoms with van der Waals surface area (Å²) in [6, 6.07) is 8.77. The van der Waals surface area contributed by atoms with Gasteiger partial charge in [-0.25, -0.2) is 0 Å². The topological polar surface area (TPSA) is 18.5 Å². The number of benzene rings is 1. The molecule has 0 atom stereocenters. The average molecular weight is 236 g/mol. The molecule has 0 aliphatic rings. The van der Waals surface area contributed by atoms with Gasteiger partial charge in [0.25, 0.3) is 0 Å². The molecule has 0 aliphatic heterocycles. The molecule has 1 aromatic rings. The Kier molecular flexibility index (Phi) is 5.16. The largest absolute Gasteiger partial charge is 0.384 e.